The van der Waals surface area contributed by atoms with E-state index in [0.29, 0.717) is 13.0 Å². The molecule has 2 atom stereocenters. The second-order valence-electron chi connectivity index (χ2n) is 3.35. The first-order chi connectivity index (χ1) is 6.25. The molecule has 1 fully saturated rings. The molecule has 2 rings (SSSR count). The van der Waals surface area contributed by atoms with Crippen LogP contribution in [0.5, 0.6) is 0 Å². The van der Waals surface area contributed by atoms with Crippen LogP contribution in [0, 0.1) is 0 Å². The number of hydrogen-bond acceptors (Lipinski definition) is 1. The summed E-state index contributed by atoms with van der Waals surface area (Å²) in [6.07, 6.45) is -0.137. The summed E-state index contributed by atoms with van der Waals surface area (Å²) in [6, 6.07) is 7.72. The van der Waals surface area contributed by atoms with E-state index in [2.05, 4.69) is 5.32 Å². The van der Waals surface area contributed by atoms with Crippen molar-refractivity contribution in [2.75, 3.05) is 6.54 Å². The maximum absolute atomic E-state index is 12.9. The van der Waals surface area contributed by atoms with E-state index in [9.17, 15) is 4.39 Å². The summed E-state index contributed by atoms with van der Waals surface area (Å²) in [6.45, 7) is 0.466. The highest BCUT2D eigenvalue weighted by atomic mass is 35.5. The van der Waals surface area contributed by atoms with Crippen LogP contribution in [-0.2, 0) is 0 Å². The van der Waals surface area contributed by atoms with Gasteiger partial charge in [0.05, 0.1) is 0 Å². The highest BCUT2D eigenvalue weighted by Crippen LogP contribution is 2.25. The molecule has 1 saturated heterocycles. The minimum Gasteiger partial charge on any atom is -0.307 e. The van der Waals surface area contributed by atoms with Crippen molar-refractivity contribution in [3.8, 4) is 0 Å². The summed E-state index contributed by atoms with van der Waals surface area (Å²) in [5.41, 5.74) is 1.12. The molecule has 13 heavy (non-hydrogen) atoms. The lowest BCUT2D eigenvalue weighted by Crippen LogP contribution is -2.13. The highest BCUT2D eigenvalue weighted by Gasteiger charge is 2.24. The van der Waals surface area contributed by atoms with Crippen molar-refractivity contribution < 1.29 is 4.39 Å². The fraction of sp³-hybridized carbons (Fsp3) is 0.400. The third-order valence-corrected chi connectivity index (χ3v) is 2.60. The number of alkyl halides is 1. The quantitative estimate of drug-likeness (QED) is 0.734. The van der Waals surface area contributed by atoms with E-state index in [1.165, 1.54) is 0 Å². The van der Waals surface area contributed by atoms with E-state index in [4.69, 9.17) is 11.6 Å². The van der Waals surface area contributed by atoms with Gasteiger partial charge >= 0.3 is 0 Å². The minimum absolute atomic E-state index is 0.160. The Morgan fingerprint density at radius 1 is 1.31 bits per heavy atom. The van der Waals surface area contributed by atoms with Gasteiger partial charge in [-0.15, -0.1) is 0 Å². The molecule has 0 spiro atoms. The van der Waals surface area contributed by atoms with Crippen molar-refractivity contribution in [3.05, 3.63) is 34.9 Å². The lowest BCUT2D eigenvalue weighted by Gasteiger charge is -2.09. The van der Waals surface area contributed by atoms with Crippen molar-refractivity contribution in [1.29, 1.82) is 0 Å². The number of nitrogens with one attached hydrogen (secondary N) is 1. The molecule has 1 N–H and O–H groups in total. The smallest absolute Gasteiger partial charge is 0.114 e. The van der Waals surface area contributed by atoms with E-state index in [-0.39, 0.29) is 6.04 Å². The topological polar surface area (TPSA) is 12.0 Å². The van der Waals surface area contributed by atoms with Crippen molar-refractivity contribution in [2.45, 2.75) is 18.6 Å². The number of rotatable bonds is 1. The standard InChI is InChI=1S/C10H11ClFN/c11-8-3-1-7(2-4-8)10-5-9(12)6-13-10/h1-4,9-10,13H,5-6H2. The highest BCUT2D eigenvalue weighted by molar-refractivity contribution is 6.30. The lowest BCUT2D eigenvalue weighted by molar-refractivity contribution is 0.356. The first kappa shape index (κ1) is 8.97. The Labute approximate surface area is 81.9 Å². The second kappa shape index (κ2) is 3.64. The number of halogens is 2. The molecule has 0 saturated carbocycles. The van der Waals surface area contributed by atoms with Gasteiger partial charge in [0.15, 0.2) is 0 Å². The molecule has 70 valence electrons. The normalized spacial score (nSPS) is 27.8. The van der Waals surface area contributed by atoms with Crippen LogP contribution in [0.2, 0.25) is 5.02 Å². The summed E-state index contributed by atoms with van der Waals surface area (Å²) in [4.78, 5) is 0. The van der Waals surface area contributed by atoms with Crippen LogP contribution in [-0.4, -0.2) is 12.7 Å². The number of benzene rings is 1. The average Bonchev–Trinajstić information content (AvgIpc) is 2.53. The predicted molar refractivity (Wildman–Crippen MR) is 51.7 cm³/mol. The Morgan fingerprint density at radius 3 is 2.54 bits per heavy atom. The van der Waals surface area contributed by atoms with Gasteiger partial charge in [-0.25, -0.2) is 4.39 Å². The first-order valence-electron chi connectivity index (χ1n) is 4.38. The fourth-order valence-corrected chi connectivity index (χ4v) is 1.77. The third-order valence-electron chi connectivity index (χ3n) is 2.35. The van der Waals surface area contributed by atoms with Crippen molar-refractivity contribution in [1.82, 2.24) is 5.32 Å². The largest absolute Gasteiger partial charge is 0.307 e. The molecule has 3 heteroatoms. The molecule has 1 aliphatic rings. The van der Waals surface area contributed by atoms with Crippen LogP contribution in [0.1, 0.15) is 18.0 Å². The van der Waals surface area contributed by atoms with Gasteiger partial charge in [-0.1, -0.05) is 23.7 Å². The monoisotopic (exact) mass is 199 g/mol. The summed E-state index contributed by atoms with van der Waals surface area (Å²) in [7, 11) is 0. The van der Waals surface area contributed by atoms with Gasteiger partial charge in [0.2, 0.25) is 0 Å². The molecular formula is C10H11ClFN. The molecule has 0 amide bonds. The molecule has 0 aromatic heterocycles. The van der Waals surface area contributed by atoms with Crippen LogP contribution >= 0.6 is 11.6 Å². The maximum Gasteiger partial charge on any atom is 0.114 e. The van der Waals surface area contributed by atoms with E-state index in [1.807, 2.05) is 24.3 Å². The summed E-state index contributed by atoms with van der Waals surface area (Å²) in [5.74, 6) is 0. The van der Waals surface area contributed by atoms with E-state index < -0.39 is 6.17 Å². The molecular weight excluding hydrogens is 189 g/mol. The Bertz CT molecular complexity index is 285. The number of hydrogen-bond donors (Lipinski definition) is 1. The molecule has 1 nitrogen and oxygen atoms in total. The van der Waals surface area contributed by atoms with E-state index in [1.54, 1.807) is 0 Å². The molecule has 1 aromatic carbocycles. The lowest BCUT2D eigenvalue weighted by atomic mass is 10.1. The molecule has 1 aromatic rings. The van der Waals surface area contributed by atoms with Gasteiger partial charge in [-0.3, -0.25) is 0 Å². The molecule has 0 aliphatic carbocycles. The van der Waals surface area contributed by atoms with Gasteiger partial charge < -0.3 is 5.32 Å². The molecule has 0 radical (unpaired) electrons. The third kappa shape index (κ3) is 2.01. The average molecular weight is 200 g/mol. The Kier molecular flexibility index (Phi) is 2.51. The maximum atomic E-state index is 12.9. The van der Waals surface area contributed by atoms with E-state index >= 15 is 0 Å². The van der Waals surface area contributed by atoms with Crippen LogP contribution in [0.15, 0.2) is 24.3 Å². The predicted octanol–water partition coefficient (Wildman–Crippen LogP) is 2.71. The molecule has 1 heterocycles. The summed E-state index contributed by atoms with van der Waals surface area (Å²) in [5, 5.41) is 3.84. The summed E-state index contributed by atoms with van der Waals surface area (Å²) < 4.78 is 12.9. The molecule has 2 unspecified atom stereocenters. The van der Waals surface area contributed by atoms with Crippen LogP contribution in [0.4, 0.5) is 4.39 Å². The van der Waals surface area contributed by atoms with Crippen LogP contribution < -0.4 is 5.32 Å². The Hall–Kier alpha value is -0.600. The van der Waals surface area contributed by atoms with Gasteiger partial charge in [-0.05, 0) is 24.1 Å². The fourth-order valence-electron chi connectivity index (χ4n) is 1.64. The van der Waals surface area contributed by atoms with Gasteiger partial charge in [0.1, 0.15) is 6.17 Å². The zero-order chi connectivity index (χ0) is 9.26. The van der Waals surface area contributed by atoms with Gasteiger partial charge in [0, 0.05) is 17.6 Å². The van der Waals surface area contributed by atoms with Crippen LogP contribution in [0.3, 0.4) is 0 Å². The molecule has 0 bridgehead atoms. The first-order valence-corrected chi connectivity index (χ1v) is 4.76. The summed E-state index contributed by atoms with van der Waals surface area (Å²) >= 11 is 5.75. The van der Waals surface area contributed by atoms with Crippen LogP contribution in [0.25, 0.3) is 0 Å². The zero-order valence-electron chi connectivity index (χ0n) is 7.13. The second-order valence-corrected chi connectivity index (χ2v) is 3.78. The Morgan fingerprint density at radius 2 is 2.00 bits per heavy atom. The Balaban J connectivity index is 2.13. The molecule has 1 aliphatic heterocycles. The SMILES string of the molecule is FC1CNC(c2ccc(Cl)cc2)C1. The van der Waals surface area contributed by atoms with Crippen molar-refractivity contribution in [3.63, 3.8) is 0 Å². The zero-order valence-corrected chi connectivity index (χ0v) is 7.89. The van der Waals surface area contributed by atoms with Gasteiger partial charge in [-0.2, -0.15) is 0 Å². The van der Waals surface area contributed by atoms with Crippen molar-refractivity contribution in [2.24, 2.45) is 0 Å². The van der Waals surface area contributed by atoms with Gasteiger partial charge in [0.25, 0.3) is 0 Å². The van der Waals surface area contributed by atoms with Crippen molar-refractivity contribution >= 4 is 11.6 Å². The van der Waals surface area contributed by atoms with E-state index in [0.717, 1.165) is 10.6 Å². The minimum atomic E-state index is -0.708.